The summed E-state index contributed by atoms with van der Waals surface area (Å²) in [5, 5.41) is 3.39. The Kier molecular flexibility index (Phi) is 6.32. The first-order valence-electron chi connectivity index (χ1n) is 11.1. The molecule has 0 aromatic heterocycles. The summed E-state index contributed by atoms with van der Waals surface area (Å²) in [4.78, 5) is 32.0. The highest BCUT2D eigenvalue weighted by atomic mass is 32.2. The van der Waals surface area contributed by atoms with Crippen LogP contribution in [0.15, 0.2) is 57.8 Å². The third kappa shape index (κ3) is 4.96. The molecule has 0 bridgehead atoms. The molecule has 0 radical (unpaired) electrons. The number of nitrogens with zero attached hydrogens (tertiary/aromatic N) is 4. The molecule has 1 saturated heterocycles. The van der Waals surface area contributed by atoms with Gasteiger partial charge in [0.2, 0.25) is 5.91 Å². The molecule has 3 aliphatic rings. The van der Waals surface area contributed by atoms with Gasteiger partial charge in [-0.2, -0.15) is 0 Å². The summed E-state index contributed by atoms with van der Waals surface area (Å²) in [7, 11) is -3.41. The Morgan fingerprint density at radius 3 is 2.53 bits per heavy atom. The van der Waals surface area contributed by atoms with Gasteiger partial charge >= 0.3 is 0 Å². The van der Waals surface area contributed by atoms with Crippen LogP contribution in [0, 0.1) is 0 Å². The van der Waals surface area contributed by atoms with Crippen molar-refractivity contribution in [1.29, 1.82) is 0 Å². The highest BCUT2D eigenvalue weighted by Crippen LogP contribution is 2.42. The predicted molar refractivity (Wildman–Crippen MR) is 131 cm³/mol. The molecule has 0 spiro atoms. The van der Waals surface area contributed by atoms with Crippen LogP contribution in [-0.2, 0) is 21.4 Å². The number of carbonyl (C=O) groups excluding carboxylic acids is 2. The summed E-state index contributed by atoms with van der Waals surface area (Å²) in [6.45, 7) is 3.54. The van der Waals surface area contributed by atoms with E-state index in [1.807, 2.05) is 47.4 Å². The summed E-state index contributed by atoms with van der Waals surface area (Å²) < 4.78 is 27.5. The molecule has 1 fully saturated rings. The smallest absolute Gasteiger partial charge is 0.257 e. The summed E-state index contributed by atoms with van der Waals surface area (Å²) in [5.74, 6) is -0.0946. The van der Waals surface area contributed by atoms with E-state index in [4.69, 9.17) is 0 Å². The van der Waals surface area contributed by atoms with Crippen molar-refractivity contribution in [2.75, 3.05) is 49.9 Å². The lowest BCUT2D eigenvalue weighted by Crippen LogP contribution is -2.51. The third-order valence-corrected chi connectivity index (χ3v) is 8.39. The quantitative estimate of drug-likeness (QED) is 0.663. The number of rotatable bonds is 5. The maximum atomic E-state index is 13.1. The molecule has 0 aliphatic carbocycles. The summed E-state index contributed by atoms with van der Waals surface area (Å²) in [6, 6.07) is 15.3. The Hall–Kier alpha value is -2.89. The number of hydrogen-bond acceptors (Lipinski definition) is 7. The topological polar surface area (TPSA) is 102 Å². The van der Waals surface area contributed by atoms with Crippen molar-refractivity contribution in [3.63, 3.8) is 0 Å². The zero-order valence-electron chi connectivity index (χ0n) is 18.5. The van der Waals surface area contributed by atoms with Gasteiger partial charge in [0.1, 0.15) is 0 Å². The number of carbonyl (C=O) groups is 2. The summed E-state index contributed by atoms with van der Waals surface area (Å²) in [6.07, 6.45) is 0. The van der Waals surface area contributed by atoms with Gasteiger partial charge in [-0.1, -0.05) is 30.3 Å². The van der Waals surface area contributed by atoms with E-state index < -0.39 is 10.0 Å². The van der Waals surface area contributed by atoms with Crippen LogP contribution in [-0.4, -0.2) is 80.2 Å². The first-order chi connectivity index (χ1) is 16.4. The lowest BCUT2D eigenvalue weighted by Gasteiger charge is -2.34. The molecule has 11 heteroatoms. The number of hydrogen-bond donors (Lipinski definition) is 1. The van der Waals surface area contributed by atoms with E-state index in [1.165, 1.54) is 11.8 Å². The minimum Gasteiger partial charge on any atom is -0.351 e. The van der Waals surface area contributed by atoms with Gasteiger partial charge in [0, 0.05) is 49.7 Å². The van der Waals surface area contributed by atoms with Gasteiger partial charge in [-0.05, 0) is 35.5 Å². The molecule has 2 aromatic carbocycles. The highest BCUT2D eigenvalue weighted by molar-refractivity contribution is 8.15. The van der Waals surface area contributed by atoms with Crippen LogP contribution in [0.3, 0.4) is 0 Å². The van der Waals surface area contributed by atoms with Gasteiger partial charge in [-0.15, -0.1) is 4.40 Å². The maximum Gasteiger partial charge on any atom is 0.257 e. The molecule has 5 rings (SSSR count). The number of thioether (sulfide) groups is 1. The standard InChI is InChI=1S/C23H25N5O4S2/c29-21(24-15-17-4-2-1-3-5-17)16-26-8-10-27(11-9-26)22(30)18-6-7-19-20(14-18)33-23-25-34(31,32)13-12-28(19)23/h1-7,14H,8-13,15-16H2,(H,24,29). The molecule has 0 saturated carbocycles. The zero-order valence-corrected chi connectivity index (χ0v) is 20.1. The number of anilines is 1. The minimum absolute atomic E-state index is 0.00820. The Bertz CT molecular complexity index is 1240. The number of piperazine rings is 1. The normalized spacial score (nSPS) is 19.2. The Morgan fingerprint density at radius 2 is 1.76 bits per heavy atom. The molecule has 3 aliphatic heterocycles. The van der Waals surface area contributed by atoms with Crippen LogP contribution in [0.4, 0.5) is 5.69 Å². The van der Waals surface area contributed by atoms with E-state index >= 15 is 0 Å². The number of amides is 2. The van der Waals surface area contributed by atoms with Crippen LogP contribution in [0.1, 0.15) is 15.9 Å². The lowest BCUT2D eigenvalue weighted by atomic mass is 10.1. The fourth-order valence-electron chi connectivity index (χ4n) is 4.21. The Morgan fingerprint density at radius 1 is 1.00 bits per heavy atom. The molecule has 0 atom stereocenters. The largest absolute Gasteiger partial charge is 0.351 e. The molecule has 3 heterocycles. The van der Waals surface area contributed by atoms with Crippen LogP contribution in [0.5, 0.6) is 0 Å². The summed E-state index contributed by atoms with van der Waals surface area (Å²) >= 11 is 1.28. The fraction of sp³-hybridized carbons (Fsp3) is 0.348. The Labute approximate surface area is 202 Å². The average Bonchev–Trinajstić information content (AvgIpc) is 3.19. The van der Waals surface area contributed by atoms with Gasteiger partial charge in [0.25, 0.3) is 15.9 Å². The van der Waals surface area contributed by atoms with Gasteiger partial charge < -0.3 is 15.1 Å². The second-order valence-electron chi connectivity index (χ2n) is 8.43. The molecule has 2 amide bonds. The van der Waals surface area contributed by atoms with Gasteiger partial charge in [0.05, 0.1) is 18.0 Å². The van der Waals surface area contributed by atoms with Crippen molar-refractivity contribution in [1.82, 2.24) is 15.1 Å². The van der Waals surface area contributed by atoms with Gasteiger partial charge in [-0.25, -0.2) is 8.42 Å². The molecule has 2 aromatic rings. The number of nitrogens with one attached hydrogen (secondary N) is 1. The lowest BCUT2D eigenvalue weighted by molar-refractivity contribution is -0.122. The first-order valence-corrected chi connectivity index (χ1v) is 13.5. The van der Waals surface area contributed by atoms with Crippen molar-refractivity contribution in [2.24, 2.45) is 4.40 Å². The zero-order chi connectivity index (χ0) is 23.7. The predicted octanol–water partition coefficient (Wildman–Crippen LogP) is 1.37. The molecular weight excluding hydrogens is 474 g/mol. The van der Waals surface area contributed by atoms with E-state index in [0.29, 0.717) is 56.5 Å². The molecular formula is C23H25N5O4S2. The van der Waals surface area contributed by atoms with Crippen molar-refractivity contribution in [3.8, 4) is 0 Å². The van der Waals surface area contributed by atoms with E-state index in [2.05, 4.69) is 14.6 Å². The second kappa shape index (κ2) is 9.40. The van der Waals surface area contributed by atoms with Crippen LogP contribution < -0.4 is 10.2 Å². The van der Waals surface area contributed by atoms with Gasteiger partial charge in [-0.3, -0.25) is 14.5 Å². The SMILES string of the molecule is O=C(CN1CCN(C(=O)c2ccc3c(c2)SC2=NS(=O)(=O)CCN23)CC1)NCc1ccccc1. The minimum atomic E-state index is -3.41. The molecule has 9 nitrogen and oxygen atoms in total. The van der Waals surface area contributed by atoms with Crippen molar-refractivity contribution in [3.05, 3.63) is 59.7 Å². The maximum absolute atomic E-state index is 13.1. The third-order valence-electron chi connectivity index (χ3n) is 6.08. The van der Waals surface area contributed by atoms with E-state index in [1.54, 1.807) is 11.0 Å². The molecule has 0 unspecified atom stereocenters. The first kappa shape index (κ1) is 22.9. The number of sulfonamides is 1. The van der Waals surface area contributed by atoms with Gasteiger partial charge in [0.15, 0.2) is 5.17 Å². The van der Waals surface area contributed by atoms with Crippen molar-refractivity contribution >= 4 is 44.5 Å². The van der Waals surface area contributed by atoms with E-state index in [9.17, 15) is 18.0 Å². The van der Waals surface area contributed by atoms with E-state index in [-0.39, 0.29) is 17.6 Å². The van der Waals surface area contributed by atoms with Crippen molar-refractivity contribution < 1.29 is 18.0 Å². The number of amidine groups is 1. The monoisotopic (exact) mass is 499 g/mol. The van der Waals surface area contributed by atoms with E-state index in [0.717, 1.165) is 16.1 Å². The van der Waals surface area contributed by atoms with Crippen LogP contribution >= 0.6 is 11.8 Å². The molecule has 1 N–H and O–H groups in total. The fourth-order valence-corrected chi connectivity index (χ4v) is 6.51. The number of benzene rings is 2. The average molecular weight is 500 g/mol. The van der Waals surface area contributed by atoms with Crippen LogP contribution in [0.2, 0.25) is 0 Å². The molecule has 178 valence electrons. The van der Waals surface area contributed by atoms with Crippen molar-refractivity contribution in [2.45, 2.75) is 11.4 Å². The Balaban J connectivity index is 1.14. The van der Waals surface area contributed by atoms with Crippen LogP contribution in [0.25, 0.3) is 0 Å². The highest BCUT2D eigenvalue weighted by Gasteiger charge is 2.34. The second-order valence-corrected chi connectivity index (χ2v) is 11.2. The molecule has 34 heavy (non-hydrogen) atoms. The number of fused-ring (bicyclic) bond motifs is 3. The summed E-state index contributed by atoms with van der Waals surface area (Å²) in [5.41, 5.74) is 2.52.